The fraction of sp³-hybridized carbons (Fsp3) is 0.154. The first-order chi connectivity index (χ1) is 7.70. The van der Waals surface area contributed by atoms with Crippen LogP contribution in [0.3, 0.4) is 0 Å². The topological polar surface area (TPSA) is 3.88 Å². The summed E-state index contributed by atoms with van der Waals surface area (Å²) in [5.41, 5.74) is 1.76. The fourth-order valence-electron chi connectivity index (χ4n) is 1.72. The van der Waals surface area contributed by atoms with Crippen LogP contribution in [-0.2, 0) is 6.54 Å². The van der Waals surface area contributed by atoms with E-state index < -0.39 is 0 Å². The molecule has 0 atom stereocenters. The molecule has 0 saturated carbocycles. The smallest absolute Gasteiger partial charge is 0.212 e. The Hall–Kier alpha value is -0.680. The molecule has 1 aromatic carbocycles. The van der Waals surface area contributed by atoms with Gasteiger partial charge < -0.3 is 24.0 Å². The molecular weight excluding hydrogens is 352 g/mol. The molecule has 0 aliphatic heterocycles. The van der Waals surface area contributed by atoms with Crippen LogP contribution in [0.25, 0.3) is 11.3 Å². The first-order valence-electron chi connectivity index (χ1n) is 5.15. The number of halogens is 3. The molecule has 0 fully saturated rings. The molecule has 1 aromatic heterocycles. The quantitative estimate of drug-likeness (QED) is 0.539. The molecule has 4 heteroatoms. The lowest BCUT2D eigenvalue weighted by atomic mass is 10.1. The van der Waals surface area contributed by atoms with Crippen LogP contribution in [-0.4, -0.2) is 0 Å². The van der Waals surface area contributed by atoms with Crippen LogP contribution in [0.15, 0.2) is 42.6 Å². The second-order valence-corrected chi connectivity index (χ2v) is 3.97. The molecule has 0 N–H and O–H groups in total. The molecule has 0 saturated heterocycles. The molecule has 0 spiro atoms. The summed E-state index contributed by atoms with van der Waals surface area (Å²) in [6.45, 7) is 2.88. The predicted octanol–water partition coefficient (Wildman–Crippen LogP) is 0.458. The minimum absolute atomic E-state index is 0. The Bertz CT molecular complexity index is 496. The van der Waals surface area contributed by atoms with E-state index in [4.69, 9.17) is 11.6 Å². The Balaban J connectivity index is 0.00000144. The third-order valence-electron chi connectivity index (χ3n) is 2.44. The maximum Gasteiger partial charge on any atom is 0.212 e. The van der Waals surface area contributed by atoms with Gasteiger partial charge >= 0.3 is 0 Å². The van der Waals surface area contributed by atoms with E-state index >= 15 is 0 Å². The van der Waals surface area contributed by atoms with Crippen LogP contribution in [0.2, 0.25) is 5.02 Å². The van der Waals surface area contributed by atoms with Crippen molar-refractivity contribution < 1.29 is 32.9 Å². The van der Waals surface area contributed by atoms with Crippen molar-refractivity contribution in [1.29, 1.82) is 0 Å². The number of hydrogen-bond donors (Lipinski definition) is 0. The van der Waals surface area contributed by atoms with Gasteiger partial charge in [0.25, 0.3) is 0 Å². The van der Waals surface area contributed by atoms with Gasteiger partial charge in [-0.1, -0.05) is 11.6 Å². The number of nitrogens with zero attached hydrogens (tertiary/aromatic N) is 1. The predicted molar refractivity (Wildman–Crippen MR) is 62.7 cm³/mol. The molecule has 0 amide bonds. The second-order valence-electron chi connectivity index (χ2n) is 3.53. The standard InChI is InChI=1S/C13H12ClFN.HI/c1-2-16-6-4-3-5-13(16)10-7-11(14)9-12(15)8-10;/h3-9H,2H2,1H3;1H/q+1;/p-1. The van der Waals surface area contributed by atoms with Gasteiger partial charge in [0.1, 0.15) is 12.4 Å². The normalized spacial score (nSPS) is 9.82. The van der Waals surface area contributed by atoms with Crippen LogP contribution in [0.4, 0.5) is 4.39 Å². The maximum absolute atomic E-state index is 13.3. The summed E-state index contributed by atoms with van der Waals surface area (Å²) in [6, 6.07) is 10.4. The van der Waals surface area contributed by atoms with Gasteiger partial charge in [0.2, 0.25) is 5.69 Å². The van der Waals surface area contributed by atoms with Crippen LogP contribution >= 0.6 is 11.6 Å². The molecular formula is C13H12ClFIN. The maximum atomic E-state index is 13.3. The van der Waals surface area contributed by atoms with Gasteiger partial charge in [0, 0.05) is 17.2 Å². The zero-order valence-electron chi connectivity index (χ0n) is 9.33. The minimum Gasteiger partial charge on any atom is -1.00 e. The summed E-state index contributed by atoms with van der Waals surface area (Å²) in [5, 5.41) is 0.418. The molecule has 0 unspecified atom stereocenters. The Labute approximate surface area is 122 Å². The molecule has 17 heavy (non-hydrogen) atoms. The van der Waals surface area contributed by atoms with Crippen molar-refractivity contribution in [3.05, 3.63) is 53.4 Å². The molecule has 0 bridgehead atoms. The molecule has 2 aromatic rings. The Morgan fingerprint density at radius 3 is 2.65 bits per heavy atom. The molecule has 1 heterocycles. The number of hydrogen-bond acceptors (Lipinski definition) is 0. The first kappa shape index (κ1) is 14.4. The zero-order chi connectivity index (χ0) is 11.5. The average molecular weight is 364 g/mol. The van der Waals surface area contributed by atoms with Crippen molar-refractivity contribution in [1.82, 2.24) is 0 Å². The van der Waals surface area contributed by atoms with E-state index in [2.05, 4.69) is 0 Å². The van der Waals surface area contributed by atoms with Gasteiger partial charge in [-0.3, -0.25) is 0 Å². The summed E-state index contributed by atoms with van der Waals surface area (Å²) >= 11 is 5.85. The van der Waals surface area contributed by atoms with E-state index in [0.717, 1.165) is 17.8 Å². The van der Waals surface area contributed by atoms with Gasteiger partial charge in [-0.2, -0.15) is 4.57 Å². The lowest BCUT2D eigenvalue weighted by molar-refractivity contribution is -0.682. The number of aromatic nitrogens is 1. The van der Waals surface area contributed by atoms with E-state index in [1.165, 1.54) is 12.1 Å². The number of pyridine rings is 1. The number of aryl methyl sites for hydroxylation is 1. The fourth-order valence-corrected chi connectivity index (χ4v) is 1.94. The van der Waals surface area contributed by atoms with Crippen LogP contribution in [0, 0.1) is 5.82 Å². The highest BCUT2D eigenvalue weighted by atomic mass is 127. The lowest BCUT2D eigenvalue weighted by Gasteiger charge is -2.02. The number of benzene rings is 1. The molecule has 0 aliphatic carbocycles. The van der Waals surface area contributed by atoms with Gasteiger partial charge in [-0.15, -0.1) is 0 Å². The molecule has 0 radical (unpaired) electrons. The van der Waals surface area contributed by atoms with Gasteiger partial charge in [0.15, 0.2) is 6.20 Å². The summed E-state index contributed by atoms with van der Waals surface area (Å²) in [6.07, 6.45) is 1.97. The largest absolute Gasteiger partial charge is 1.00 e. The monoisotopic (exact) mass is 363 g/mol. The van der Waals surface area contributed by atoms with Crippen LogP contribution in [0.1, 0.15) is 6.92 Å². The third-order valence-corrected chi connectivity index (χ3v) is 2.66. The van der Waals surface area contributed by atoms with Crippen molar-refractivity contribution >= 4 is 11.6 Å². The third kappa shape index (κ3) is 3.39. The Kier molecular flexibility index (Phi) is 5.33. The Morgan fingerprint density at radius 1 is 1.24 bits per heavy atom. The van der Waals surface area contributed by atoms with Gasteiger partial charge in [0.05, 0.1) is 5.56 Å². The highest BCUT2D eigenvalue weighted by molar-refractivity contribution is 6.30. The SMILES string of the molecule is CC[n+]1ccccc1-c1cc(F)cc(Cl)c1.[I-]. The molecule has 0 aliphatic rings. The second kappa shape index (κ2) is 6.31. The van der Waals surface area contributed by atoms with Crippen molar-refractivity contribution in [2.45, 2.75) is 13.5 Å². The van der Waals surface area contributed by atoms with E-state index in [0.29, 0.717) is 5.02 Å². The average Bonchev–Trinajstić information content (AvgIpc) is 2.27. The van der Waals surface area contributed by atoms with E-state index in [1.54, 1.807) is 6.07 Å². The summed E-state index contributed by atoms with van der Waals surface area (Å²) < 4.78 is 15.3. The first-order valence-corrected chi connectivity index (χ1v) is 5.53. The van der Waals surface area contributed by atoms with Gasteiger partial charge in [-0.05, 0) is 31.2 Å². The zero-order valence-corrected chi connectivity index (χ0v) is 12.2. The molecule has 2 rings (SSSR count). The minimum atomic E-state index is -0.311. The summed E-state index contributed by atoms with van der Waals surface area (Å²) in [4.78, 5) is 0. The van der Waals surface area contributed by atoms with E-state index in [1.807, 2.05) is 35.9 Å². The van der Waals surface area contributed by atoms with Gasteiger partial charge in [-0.25, -0.2) is 4.39 Å². The summed E-state index contributed by atoms with van der Waals surface area (Å²) in [5.74, 6) is -0.311. The van der Waals surface area contributed by atoms with Crippen molar-refractivity contribution in [2.75, 3.05) is 0 Å². The van der Waals surface area contributed by atoms with Crippen molar-refractivity contribution in [3.8, 4) is 11.3 Å². The Morgan fingerprint density at radius 2 is 2.00 bits per heavy atom. The van der Waals surface area contributed by atoms with E-state index in [-0.39, 0.29) is 29.8 Å². The van der Waals surface area contributed by atoms with Crippen LogP contribution < -0.4 is 28.5 Å². The van der Waals surface area contributed by atoms with Crippen molar-refractivity contribution in [3.63, 3.8) is 0 Å². The summed E-state index contributed by atoms with van der Waals surface area (Å²) in [7, 11) is 0. The highest BCUT2D eigenvalue weighted by Gasteiger charge is 2.11. The molecule has 90 valence electrons. The lowest BCUT2D eigenvalue weighted by Crippen LogP contribution is -3.00. The van der Waals surface area contributed by atoms with Crippen molar-refractivity contribution in [2.24, 2.45) is 0 Å². The van der Waals surface area contributed by atoms with E-state index in [9.17, 15) is 4.39 Å². The van der Waals surface area contributed by atoms with Crippen LogP contribution in [0.5, 0.6) is 0 Å². The number of rotatable bonds is 2. The highest BCUT2D eigenvalue weighted by Crippen LogP contribution is 2.21. The molecule has 1 nitrogen and oxygen atoms in total.